The van der Waals surface area contributed by atoms with Gasteiger partial charge >= 0.3 is 5.97 Å². The SMILES string of the molecule is CC1(C(=O)O)CCN(S(=O)(=O)c2cccc(Cl)c2Cl)C1. The molecule has 1 heterocycles. The van der Waals surface area contributed by atoms with Gasteiger partial charge in [-0.15, -0.1) is 0 Å². The summed E-state index contributed by atoms with van der Waals surface area (Å²) >= 11 is 11.8. The standard InChI is InChI=1S/C12H13Cl2NO4S/c1-12(11(16)17)5-6-15(7-12)20(18,19)9-4-2-3-8(13)10(9)14/h2-4H,5-7H2,1H3,(H,16,17). The minimum atomic E-state index is -3.84. The Morgan fingerprint density at radius 1 is 1.40 bits per heavy atom. The average Bonchev–Trinajstić information content (AvgIpc) is 2.77. The van der Waals surface area contributed by atoms with E-state index >= 15 is 0 Å². The van der Waals surface area contributed by atoms with Crippen molar-refractivity contribution in [1.29, 1.82) is 0 Å². The van der Waals surface area contributed by atoms with Gasteiger partial charge in [0, 0.05) is 13.1 Å². The highest BCUT2D eigenvalue weighted by molar-refractivity contribution is 7.89. The van der Waals surface area contributed by atoms with Crippen LogP contribution in [0.2, 0.25) is 10.0 Å². The molecule has 0 amide bonds. The minimum absolute atomic E-state index is 0.0434. The lowest BCUT2D eigenvalue weighted by molar-refractivity contribution is -0.146. The summed E-state index contributed by atoms with van der Waals surface area (Å²) in [6.07, 6.45) is 0.264. The smallest absolute Gasteiger partial charge is 0.310 e. The molecule has 0 aliphatic carbocycles. The molecule has 1 aliphatic rings. The van der Waals surface area contributed by atoms with Crippen LogP contribution in [0.4, 0.5) is 0 Å². The summed E-state index contributed by atoms with van der Waals surface area (Å²) in [6.45, 7) is 1.60. The molecule has 1 unspecified atom stereocenters. The summed E-state index contributed by atoms with van der Waals surface area (Å²) in [5.41, 5.74) is -1.07. The van der Waals surface area contributed by atoms with E-state index in [-0.39, 0.29) is 34.5 Å². The molecule has 20 heavy (non-hydrogen) atoms. The van der Waals surface area contributed by atoms with E-state index in [1.807, 2.05) is 0 Å². The van der Waals surface area contributed by atoms with Gasteiger partial charge in [0.15, 0.2) is 0 Å². The number of sulfonamides is 1. The predicted molar refractivity (Wildman–Crippen MR) is 75.6 cm³/mol. The molecule has 1 aliphatic heterocycles. The van der Waals surface area contributed by atoms with Gasteiger partial charge in [-0.2, -0.15) is 4.31 Å². The molecule has 0 bridgehead atoms. The van der Waals surface area contributed by atoms with Crippen molar-refractivity contribution in [2.45, 2.75) is 18.2 Å². The molecule has 0 aromatic heterocycles. The average molecular weight is 338 g/mol. The quantitative estimate of drug-likeness (QED) is 0.919. The number of rotatable bonds is 3. The van der Waals surface area contributed by atoms with Gasteiger partial charge in [-0.1, -0.05) is 29.3 Å². The normalized spacial score (nSPS) is 23.9. The van der Waals surface area contributed by atoms with Crippen molar-refractivity contribution in [2.75, 3.05) is 13.1 Å². The molecule has 0 radical (unpaired) electrons. The van der Waals surface area contributed by atoms with Crippen LogP contribution in [-0.4, -0.2) is 36.9 Å². The van der Waals surface area contributed by atoms with Gasteiger partial charge in [-0.05, 0) is 25.5 Å². The van der Waals surface area contributed by atoms with E-state index in [1.165, 1.54) is 25.1 Å². The molecule has 1 aromatic carbocycles. The highest BCUT2D eigenvalue weighted by Crippen LogP contribution is 2.36. The number of hydrogen-bond acceptors (Lipinski definition) is 3. The number of benzene rings is 1. The Bertz CT molecular complexity index is 661. The Kier molecular flexibility index (Phi) is 4.03. The molecule has 5 nitrogen and oxygen atoms in total. The summed E-state index contributed by atoms with van der Waals surface area (Å²) in [5, 5.41) is 9.26. The molecule has 1 N–H and O–H groups in total. The van der Waals surface area contributed by atoms with Gasteiger partial charge < -0.3 is 5.11 Å². The third-order valence-electron chi connectivity index (χ3n) is 3.49. The second kappa shape index (κ2) is 5.18. The molecular weight excluding hydrogens is 325 g/mol. The first-order valence-electron chi connectivity index (χ1n) is 5.86. The second-order valence-electron chi connectivity index (χ2n) is 5.01. The fraction of sp³-hybridized carbons (Fsp3) is 0.417. The number of carboxylic acids is 1. The van der Waals surface area contributed by atoms with Crippen LogP contribution in [0.3, 0.4) is 0 Å². The number of carbonyl (C=O) groups is 1. The highest BCUT2D eigenvalue weighted by atomic mass is 35.5. The molecule has 2 rings (SSSR count). The molecule has 0 spiro atoms. The summed E-state index contributed by atoms with van der Waals surface area (Å²) in [4.78, 5) is 11.1. The molecule has 1 atom stereocenters. The number of aliphatic carboxylic acids is 1. The van der Waals surface area contributed by atoms with E-state index in [1.54, 1.807) is 0 Å². The van der Waals surface area contributed by atoms with Crippen LogP contribution in [-0.2, 0) is 14.8 Å². The van der Waals surface area contributed by atoms with Crippen LogP contribution < -0.4 is 0 Å². The van der Waals surface area contributed by atoms with Crippen molar-refractivity contribution in [2.24, 2.45) is 5.41 Å². The van der Waals surface area contributed by atoms with Crippen molar-refractivity contribution >= 4 is 39.2 Å². The van der Waals surface area contributed by atoms with E-state index in [4.69, 9.17) is 28.3 Å². The van der Waals surface area contributed by atoms with Crippen molar-refractivity contribution < 1.29 is 18.3 Å². The Labute approximate surface area is 127 Å². The number of nitrogens with zero attached hydrogens (tertiary/aromatic N) is 1. The number of carboxylic acid groups (broad SMARTS) is 1. The van der Waals surface area contributed by atoms with E-state index in [2.05, 4.69) is 0 Å². The highest BCUT2D eigenvalue weighted by Gasteiger charge is 2.45. The summed E-state index contributed by atoms with van der Waals surface area (Å²) in [6, 6.07) is 4.35. The minimum Gasteiger partial charge on any atom is -0.481 e. The van der Waals surface area contributed by atoms with Crippen LogP contribution in [0.1, 0.15) is 13.3 Å². The van der Waals surface area contributed by atoms with Gasteiger partial charge in [-0.25, -0.2) is 8.42 Å². The first-order valence-corrected chi connectivity index (χ1v) is 8.06. The van der Waals surface area contributed by atoms with Crippen molar-refractivity contribution in [3.8, 4) is 0 Å². The summed E-state index contributed by atoms with van der Waals surface area (Å²) in [5.74, 6) is -1.01. The Morgan fingerprint density at radius 3 is 2.60 bits per heavy atom. The first kappa shape index (κ1) is 15.6. The zero-order chi connectivity index (χ0) is 15.1. The number of hydrogen-bond donors (Lipinski definition) is 1. The maximum absolute atomic E-state index is 12.5. The van der Waals surface area contributed by atoms with Crippen LogP contribution in [0.5, 0.6) is 0 Å². The largest absolute Gasteiger partial charge is 0.481 e. The monoisotopic (exact) mass is 337 g/mol. The lowest BCUT2D eigenvalue weighted by atomic mass is 9.90. The zero-order valence-electron chi connectivity index (χ0n) is 10.6. The van der Waals surface area contributed by atoms with Gasteiger partial charge in [0.2, 0.25) is 10.0 Å². The topological polar surface area (TPSA) is 74.7 Å². The lowest BCUT2D eigenvalue weighted by Crippen LogP contribution is -2.35. The van der Waals surface area contributed by atoms with Crippen LogP contribution in [0.15, 0.2) is 23.1 Å². The molecule has 8 heteroatoms. The van der Waals surface area contributed by atoms with Gasteiger partial charge in [-0.3, -0.25) is 4.79 Å². The first-order chi connectivity index (χ1) is 9.18. The molecule has 1 saturated heterocycles. The van der Waals surface area contributed by atoms with E-state index in [0.717, 1.165) is 4.31 Å². The third kappa shape index (κ3) is 2.53. The van der Waals surface area contributed by atoms with Gasteiger partial charge in [0.1, 0.15) is 4.90 Å². The van der Waals surface area contributed by atoms with Crippen LogP contribution >= 0.6 is 23.2 Å². The predicted octanol–water partition coefficient (Wildman–Crippen LogP) is 2.48. The molecular formula is C12H13Cl2NO4S. The Morgan fingerprint density at radius 2 is 2.05 bits per heavy atom. The maximum Gasteiger partial charge on any atom is 0.310 e. The van der Waals surface area contributed by atoms with E-state index < -0.39 is 21.4 Å². The van der Waals surface area contributed by atoms with Crippen molar-refractivity contribution in [3.63, 3.8) is 0 Å². The van der Waals surface area contributed by atoms with E-state index in [0.29, 0.717) is 0 Å². The van der Waals surface area contributed by atoms with Crippen molar-refractivity contribution in [1.82, 2.24) is 4.31 Å². The third-order valence-corrected chi connectivity index (χ3v) is 6.31. The Balaban J connectivity index is 2.38. The van der Waals surface area contributed by atoms with E-state index in [9.17, 15) is 13.2 Å². The van der Waals surface area contributed by atoms with Gasteiger partial charge in [0.25, 0.3) is 0 Å². The molecule has 110 valence electrons. The zero-order valence-corrected chi connectivity index (χ0v) is 13.0. The van der Waals surface area contributed by atoms with Crippen LogP contribution in [0.25, 0.3) is 0 Å². The summed E-state index contributed by atoms with van der Waals surface area (Å²) < 4.78 is 26.2. The molecule has 0 saturated carbocycles. The fourth-order valence-corrected chi connectivity index (χ4v) is 4.42. The number of halogens is 2. The fourth-order valence-electron chi connectivity index (χ4n) is 2.12. The van der Waals surface area contributed by atoms with Crippen LogP contribution in [0, 0.1) is 5.41 Å². The Hall–Kier alpha value is -0.820. The second-order valence-corrected chi connectivity index (χ2v) is 7.70. The van der Waals surface area contributed by atoms with Crippen molar-refractivity contribution in [3.05, 3.63) is 28.2 Å². The van der Waals surface area contributed by atoms with Gasteiger partial charge in [0.05, 0.1) is 15.5 Å². The molecule has 1 fully saturated rings. The maximum atomic E-state index is 12.5. The lowest BCUT2D eigenvalue weighted by Gasteiger charge is -2.20. The summed E-state index contributed by atoms with van der Waals surface area (Å²) in [7, 11) is -3.84. The molecule has 1 aromatic rings.